The molecule has 3 rings (SSSR count). The monoisotopic (exact) mass is 607 g/mol. The largest absolute Gasteiger partial charge is 0.344 e. The molecule has 11 heteroatoms. The molecular formula is C33H39F2N5O4. The fraction of sp³-hybridized carbons (Fsp3) is 0.364. The molecular weight excluding hydrogens is 568 g/mol. The summed E-state index contributed by atoms with van der Waals surface area (Å²) in [4.78, 5) is 58.3. The van der Waals surface area contributed by atoms with Crippen LogP contribution in [0, 0.1) is 11.8 Å². The minimum Gasteiger partial charge on any atom is -0.344 e. The van der Waals surface area contributed by atoms with Gasteiger partial charge in [0.2, 0.25) is 11.7 Å². The first-order chi connectivity index (χ1) is 20.9. The molecule has 2 aromatic carbocycles. The maximum atomic E-state index is 15.6. The third kappa shape index (κ3) is 9.50. The summed E-state index contributed by atoms with van der Waals surface area (Å²) in [6, 6.07) is 17.1. The van der Waals surface area contributed by atoms with Gasteiger partial charge in [0, 0.05) is 38.4 Å². The zero-order chi connectivity index (χ0) is 32.3. The van der Waals surface area contributed by atoms with Crippen molar-refractivity contribution in [1.82, 2.24) is 20.5 Å². The van der Waals surface area contributed by atoms with E-state index in [-0.39, 0.29) is 13.0 Å². The molecule has 0 aliphatic heterocycles. The average molecular weight is 608 g/mol. The predicted octanol–water partition coefficient (Wildman–Crippen LogP) is 4.09. The van der Waals surface area contributed by atoms with E-state index in [0.717, 1.165) is 5.56 Å². The van der Waals surface area contributed by atoms with Gasteiger partial charge >= 0.3 is 12.0 Å². The number of alkyl halides is 2. The molecule has 44 heavy (non-hydrogen) atoms. The zero-order valence-corrected chi connectivity index (χ0v) is 25.1. The summed E-state index contributed by atoms with van der Waals surface area (Å²) in [5.74, 6) is -9.30. The summed E-state index contributed by atoms with van der Waals surface area (Å²) in [6.07, 6.45) is 1.85. The van der Waals surface area contributed by atoms with Gasteiger partial charge in [0.1, 0.15) is 6.54 Å². The first-order valence-corrected chi connectivity index (χ1v) is 14.4. The first kappa shape index (κ1) is 34.0. The van der Waals surface area contributed by atoms with Gasteiger partial charge in [-0.1, -0.05) is 74.5 Å². The van der Waals surface area contributed by atoms with Crippen molar-refractivity contribution in [3.63, 3.8) is 0 Å². The number of rotatable bonds is 15. The van der Waals surface area contributed by atoms with E-state index in [2.05, 4.69) is 15.6 Å². The summed E-state index contributed by atoms with van der Waals surface area (Å²) < 4.78 is 31.2. The minimum absolute atomic E-state index is 0.0823. The van der Waals surface area contributed by atoms with Crippen molar-refractivity contribution < 1.29 is 28.0 Å². The van der Waals surface area contributed by atoms with E-state index in [4.69, 9.17) is 5.73 Å². The number of amides is 3. The number of ketones is 2. The Hall–Kier alpha value is -4.51. The highest BCUT2D eigenvalue weighted by atomic mass is 19.3. The number of urea groups is 1. The lowest BCUT2D eigenvalue weighted by atomic mass is 9.81. The van der Waals surface area contributed by atoms with Gasteiger partial charge in [-0.05, 0) is 41.2 Å². The second-order valence-corrected chi connectivity index (χ2v) is 11.0. The van der Waals surface area contributed by atoms with Crippen molar-refractivity contribution in [2.75, 3.05) is 13.6 Å². The van der Waals surface area contributed by atoms with Gasteiger partial charge < -0.3 is 21.3 Å². The first-order valence-electron chi connectivity index (χ1n) is 14.4. The molecule has 1 unspecified atom stereocenters. The molecule has 0 aliphatic rings. The van der Waals surface area contributed by atoms with E-state index in [9.17, 15) is 19.2 Å². The molecule has 0 saturated carbocycles. The van der Waals surface area contributed by atoms with Gasteiger partial charge in [-0.3, -0.25) is 19.4 Å². The number of benzene rings is 2. The third-order valence-corrected chi connectivity index (χ3v) is 7.26. The number of Topliss-reactive ketones (excluding diaryl/α,β-unsaturated/α-hetero) is 2. The van der Waals surface area contributed by atoms with E-state index in [0.29, 0.717) is 11.1 Å². The van der Waals surface area contributed by atoms with Crippen LogP contribution in [0.4, 0.5) is 13.6 Å². The molecule has 3 amide bonds. The van der Waals surface area contributed by atoms with Gasteiger partial charge in [0.05, 0.1) is 12.0 Å². The van der Waals surface area contributed by atoms with Crippen LogP contribution in [0.1, 0.15) is 43.0 Å². The zero-order valence-electron chi connectivity index (χ0n) is 25.1. The Morgan fingerprint density at radius 1 is 0.909 bits per heavy atom. The number of carbonyl (C=O) groups is 4. The SMILES string of the molecule is CNC(=O)N(CC(=O)N[C@H](C(=O)[C@H](Cc1ccccc1)C(=O)C(F)(F)CC(N)c1ccccc1)C(C)C)Cc1ccncc1. The standard InChI is InChI=1S/C33H39F2N5O4/c1-22(2)29(39-28(41)21-40(32(44)37-3)20-24-14-16-38-17-15-24)30(42)26(18-23-10-6-4-7-11-23)31(43)33(34,35)19-27(36)25-12-8-5-9-13-25/h4-17,22,26-27,29H,18-21,36H2,1-3H3,(H,37,44)(H,39,41)/t26-,27?,29-/m0/s1. The Labute approximate surface area is 256 Å². The van der Waals surface area contributed by atoms with Crippen molar-refractivity contribution >= 4 is 23.5 Å². The van der Waals surface area contributed by atoms with Gasteiger partial charge in [-0.15, -0.1) is 0 Å². The minimum atomic E-state index is -3.92. The van der Waals surface area contributed by atoms with Crippen LogP contribution in [0.25, 0.3) is 0 Å². The molecule has 3 atom stereocenters. The van der Waals surface area contributed by atoms with E-state index in [1.165, 1.54) is 11.9 Å². The Bertz CT molecular complexity index is 1390. The van der Waals surface area contributed by atoms with Crippen molar-refractivity contribution in [3.8, 4) is 0 Å². The average Bonchev–Trinajstić information content (AvgIpc) is 3.02. The predicted molar refractivity (Wildman–Crippen MR) is 162 cm³/mol. The number of carbonyl (C=O) groups excluding carboxylic acids is 4. The van der Waals surface area contributed by atoms with Crippen LogP contribution >= 0.6 is 0 Å². The van der Waals surface area contributed by atoms with E-state index < -0.39 is 66.3 Å². The number of pyridine rings is 1. The molecule has 0 fully saturated rings. The lowest BCUT2D eigenvalue weighted by Crippen LogP contribution is -2.54. The number of nitrogens with zero attached hydrogens (tertiary/aromatic N) is 2. The number of hydrogen-bond donors (Lipinski definition) is 3. The smallest absolute Gasteiger partial charge is 0.317 e. The summed E-state index contributed by atoms with van der Waals surface area (Å²) in [6.45, 7) is 2.95. The number of halogens is 2. The molecule has 1 heterocycles. The molecule has 0 spiro atoms. The highest BCUT2D eigenvalue weighted by Crippen LogP contribution is 2.32. The van der Waals surface area contributed by atoms with Crippen LogP contribution in [0.2, 0.25) is 0 Å². The second kappa shape index (κ2) is 15.8. The lowest BCUT2D eigenvalue weighted by molar-refractivity contribution is -0.153. The van der Waals surface area contributed by atoms with Crippen LogP contribution < -0.4 is 16.4 Å². The van der Waals surface area contributed by atoms with E-state index in [1.807, 2.05) is 0 Å². The molecule has 234 valence electrons. The summed E-state index contributed by atoms with van der Waals surface area (Å²) in [7, 11) is 1.42. The number of hydrogen-bond acceptors (Lipinski definition) is 6. The summed E-state index contributed by atoms with van der Waals surface area (Å²) >= 11 is 0. The van der Waals surface area contributed by atoms with Crippen LogP contribution in [0.15, 0.2) is 85.2 Å². The Morgan fingerprint density at radius 2 is 1.50 bits per heavy atom. The molecule has 0 bridgehead atoms. The lowest BCUT2D eigenvalue weighted by Gasteiger charge is -2.29. The van der Waals surface area contributed by atoms with Crippen LogP contribution in [-0.2, 0) is 27.3 Å². The van der Waals surface area contributed by atoms with Crippen molar-refractivity contribution in [2.24, 2.45) is 17.6 Å². The number of aromatic nitrogens is 1. The highest BCUT2D eigenvalue weighted by Gasteiger charge is 2.48. The van der Waals surface area contributed by atoms with Crippen molar-refractivity contribution in [3.05, 3.63) is 102 Å². The molecule has 4 N–H and O–H groups in total. The van der Waals surface area contributed by atoms with Gasteiger partial charge in [-0.25, -0.2) is 4.79 Å². The molecule has 0 radical (unpaired) electrons. The highest BCUT2D eigenvalue weighted by molar-refractivity contribution is 6.08. The third-order valence-electron chi connectivity index (χ3n) is 7.26. The van der Waals surface area contributed by atoms with E-state index >= 15 is 8.78 Å². The van der Waals surface area contributed by atoms with Gasteiger partial charge in [0.25, 0.3) is 0 Å². The van der Waals surface area contributed by atoms with Crippen molar-refractivity contribution in [2.45, 2.75) is 51.2 Å². The Balaban J connectivity index is 1.84. The Kier molecular flexibility index (Phi) is 12.2. The van der Waals surface area contributed by atoms with Crippen LogP contribution in [-0.4, -0.2) is 58.9 Å². The summed E-state index contributed by atoms with van der Waals surface area (Å²) in [5.41, 5.74) is 7.71. The van der Waals surface area contributed by atoms with Gasteiger partial charge in [0.15, 0.2) is 5.78 Å². The second-order valence-electron chi connectivity index (χ2n) is 11.0. The van der Waals surface area contributed by atoms with E-state index in [1.54, 1.807) is 99.0 Å². The number of nitrogens with one attached hydrogen (secondary N) is 2. The van der Waals surface area contributed by atoms with Gasteiger partial charge in [-0.2, -0.15) is 8.78 Å². The number of nitrogens with two attached hydrogens (primary N) is 1. The normalized spacial score (nSPS) is 13.4. The molecule has 3 aromatic rings. The molecule has 0 saturated heterocycles. The molecule has 0 aliphatic carbocycles. The van der Waals surface area contributed by atoms with Crippen LogP contribution in [0.3, 0.4) is 0 Å². The fourth-order valence-electron chi connectivity index (χ4n) is 4.86. The van der Waals surface area contributed by atoms with Crippen molar-refractivity contribution in [1.29, 1.82) is 0 Å². The maximum absolute atomic E-state index is 15.6. The van der Waals surface area contributed by atoms with Crippen LogP contribution in [0.5, 0.6) is 0 Å². The Morgan fingerprint density at radius 3 is 2.07 bits per heavy atom. The molecule has 1 aromatic heterocycles. The quantitative estimate of drug-likeness (QED) is 0.223. The molecule has 9 nitrogen and oxygen atoms in total. The summed E-state index contributed by atoms with van der Waals surface area (Å²) in [5, 5.41) is 5.09. The maximum Gasteiger partial charge on any atom is 0.317 e. The topological polar surface area (TPSA) is 134 Å². The fourth-order valence-corrected chi connectivity index (χ4v) is 4.86.